The highest BCUT2D eigenvalue weighted by molar-refractivity contribution is 6.42. The first-order valence-corrected chi connectivity index (χ1v) is 9.52. The molecule has 0 bridgehead atoms. The van der Waals surface area contributed by atoms with Crippen LogP contribution in [0.5, 0.6) is 5.75 Å². The van der Waals surface area contributed by atoms with Crippen LogP contribution in [0.3, 0.4) is 0 Å². The van der Waals surface area contributed by atoms with Gasteiger partial charge in [-0.15, -0.1) is 0 Å². The lowest BCUT2D eigenvalue weighted by Crippen LogP contribution is -2.19. The first-order valence-electron chi connectivity index (χ1n) is 8.76. The molecule has 0 aliphatic rings. The number of para-hydroxylation sites is 2. The second kappa shape index (κ2) is 8.43. The third kappa shape index (κ3) is 4.80. The molecule has 1 heterocycles. The maximum absolute atomic E-state index is 12.1. The number of nitrogens with one attached hydrogen (secondary N) is 3. The van der Waals surface area contributed by atoms with Gasteiger partial charge >= 0.3 is 6.03 Å². The molecule has 8 heteroatoms. The van der Waals surface area contributed by atoms with Gasteiger partial charge in [0.25, 0.3) is 0 Å². The van der Waals surface area contributed by atoms with E-state index in [0.717, 1.165) is 16.9 Å². The van der Waals surface area contributed by atoms with Crippen LogP contribution in [0.25, 0.3) is 11.0 Å². The summed E-state index contributed by atoms with van der Waals surface area (Å²) in [7, 11) is 0. The van der Waals surface area contributed by atoms with E-state index < -0.39 is 0 Å². The number of urea groups is 1. The summed E-state index contributed by atoms with van der Waals surface area (Å²) in [4.78, 5) is 19.8. The van der Waals surface area contributed by atoms with Crippen molar-refractivity contribution in [2.75, 3.05) is 10.6 Å². The second-order valence-electron chi connectivity index (χ2n) is 6.22. The summed E-state index contributed by atoms with van der Waals surface area (Å²) >= 11 is 11.8. The average molecular weight is 427 g/mol. The number of benzene rings is 3. The molecule has 29 heavy (non-hydrogen) atoms. The Balaban J connectivity index is 1.32. The Kier molecular flexibility index (Phi) is 5.55. The Hall–Kier alpha value is -3.22. The van der Waals surface area contributed by atoms with Crippen molar-refractivity contribution in [3.05, 3.63) is 82.6 Å². The molecule has 0 saturated heterocycles. The van der Waals surface area contributed by atoms with Crippen LogP contribution in [-0.2, 0) is 6.61 Å². The van der Waals surface area contributed by atoms with E-state index >= 15 is 0 Å². The van der Waals surface area contributed by atoms with Crippen LogP contribution >= 0.6 is 23.2 Å². The van der Waals surface area contributed by atoms with E-state index in [9.17, 15) is 4.79 Å². The molecule has 3 N–H and O–H groups in total. The maximum atomic E-state index is 12.1. The number of halogens is 2. The number of hydrogen-bond donors (Lipinski definition) is 3. The lowest BCUT2D eigenvalue weighted by Gasteiger charge is -2.09. The topological polar surface area (TPSA) is 79.0 Å². The van der Waals surface area contributed by atoms with Crippen LogP contribution < -0.4 is 15.4 Å². The van der Waals surface area contributed by atoms with Crippen molar-refractivity contribution in [3.8, 4) is 5.75 Å². The van der Waals surface area contributed by atoms with Crippen molar-refractivity contribution >= 4 is 51.6 Å². The maximum Gasteiger partial charge on any atom is 0.323 e. The van der Waals surface area contributed by atoms with Gasteiger partial charge < -0.3 is 20.4 Å². The van der Waals surface area contributed by atoms with E-state index in [0.29, 0.717) is 33.8 Å². The molecule has 0 aliphatic heterocycles. The molecule has 4 aromatic rings. The van der Waals surface area contributed by atoms with Gasteiger partial charge in [-0.05, 0) is 54.6 Å². The summed E-state index contributed by atoms with van der Waals surface area (Å²) in [5.74, 6) is 1.41. The fraction of sp³-hybridized carbons (Fsp3) is 0.0476. The van der Waals surface area contributed by atoms with E-state index in [1.54, 1.807) is 42.5 Å². The number of aromatic amines is 1. The number of rotatable bonds is 5. The molecule has 2 amide bonds. The van der Waals surface area contributed by atoms with E-state index in [4.69, 9.17) is 27.9 Å². The van der Waals surface area contributed by atoms with Crippen LogP contribution in [0.1, 0.15) is 5.82 Å². The first kappa shape index (κ1) is 19.1. The van der Waals surface area contributed by atoms with Gasteiger partial charge in [-0.2, -0.15) is 0 Å². The van der Waals surface area contributed by atoms with E-state index in [2.05, 4.69) is 20.6 Å². The normalized spacial score (nSPS) is 10.7. The van der Waals surface area contributed by atoms with Crippen molar-refractivity contribution < 1.29 is 9.53 Å². The predicted octanol–water partition coefficient (Wildman–Crippen LogP) is 6.09. The van der Waals surface area contributed by atoms with Gasteiger partial charge in [0.15, 0.2) is 0 Å². The molecule has 0 spiro atoms. The van der Waals surface area contributed by atoms with Crippen molar-refractivity contribution in [2.24, 2.45) is 0 Å². The number of anilines is 2. The number of carbonyl (C=O) groups excluding carboxylic acids is 1. The molecule has 3 aromatic carbocycles. The zero-order valence-corrected chi connectivity index (χ0v) is 16.6. The van der Waals surface area contributed by atoms with Crippen molar-refractivity contribution in [1.82, 2.24) is 9.97 Å². The fourth-order valence-electron chi connectivity index (χ4n) is 2.73. The van der Waals surface area contributed by atoms with Crippen molar-refractivity contribution in [3.63, 3.8) is 0 Å². The summed E-state index contributed by atoms with van der Waals surface area (Å²) in [6, 6.07) is 19.3. The minimum Gasteiger partial charge on any atom is -0.486 e. The Labute approximate surface area is 176 Å². The van der Waals surface area contributed by atoms with Gasteiger partial charge in [0.05, 0.1) is 21.1 Å². The third-order valence-electron chi connectivity index (χ3n) is 4.10. The first-order chi connectivity index (χ1) is 14.1. The molecule has 0 radical (unpaired) electrons. The summed E-state index contributed by atoms with van der Waals surface area (Å²) in [6.45, 7) is 0.319. The minimum absolute atomic E-state index is 0.319. The zero-order chi connectivity index (χ0) is 20.2. The lowest BCUT2D eigenvalue weighted by molar-refractivity contribution is 0.262. The highest BCUT2D eigenvalue weighted by Gasteiger charge is 2.06. The second-order valence-corrected chi connectivity index (χ2v) is 7.04. The summed E-state index contributed by atoms with van der Waals surface area (Å²) in [5.41, 5.74) is 3.04. The highest BCUT2D eigenvalue weighted by atomic mass is 35.5. The van der Waals surface area contributed by atoms with Gasteiger partial charge in [0.1, 0.15) is 18.2 Å². The van der Waals surface area contributed by atoms with Gasteiger partial charge in [-0.1, -0.05) is 35.3 Å². The molecule has 0 aliphatic carbocycles. The quantitative estimate of drug-likeness (QED) is 0.361. The molecule has 0 unspecified atom stereocenters. The molecule has 1 aromatic heterocycles. The Bertz CT molecular complexity index is 1130. The summed E-state index contributed by atoms with van der Waals surface area (Å²) < 4.78 is 5.75. The third-order valence-corrected chi connectivity index (χ3v) is 4.84. The SMILES string of the molecule is O=C(Nc1ccc(OCc2nc3ccccc3[nH]2)cc1)Nc1ccc(Cl)c(Cl)c1. The smallest absolute Gasteiger partial charge is 0.323 e. The number of amides is 2. The van der Waals surface area contributed by atoms with Gasteiger partial charge in [0.2, 0.25) is 0 Å². The highest BCUT2D eigenvalue weighted by Crippen LogP contribution is 2.25. The minimum atomic E-state index is -0.390. The summed E-state index contributed by atoms with van der Waals surface area (Å²) in [6.07, 6.45) is 0. The van der Waals surface area contributed by atoms with E-state index in [-0.39, 0.29) is 6.03 Å². The van der Waals surface area contributed by atoms with E-state index in [1.165, 1.54) is 0 Å². The number of carbonyl (C=O) groups is 1. The van der Waals surface area contributed by atoms with Crippen LogP contribution in [-0.4, -0.2) is 16.0 Å². The number of nitrogens with zero attached hydrogens (tertiary/aromatic N) is 1. The monoisotopic (exact) mass is 426 g/mol. The predicted molar refractivity (Wildman–Crippen MR) is 116 cm³/mol. The van der Waals surface area contributed by atoms with Crippen molar-refractivity contribution in [1.29, 1.82) is 0 Å². The standard InChI is InChI=1S/C21H16Cl2N4O2/c22-16-10-7-14(11-17(16)23)25-21(28)24-13-5-8-15(9-6-13)29-12-20-26-18-3-1-2-4-19(18)27-20/h1-11H,12H2,(H,26,27)(H2,24,25,28). The number of fused-ring (bicyclic) bond motifs is 1. The van der Waals surface area contributed by atoms with Crippen LogP contribution in [0.15, 0.2) is 66.7 Å². The van der Waals surface area contributed by atoms with Gasteiger partial charge in [-0.25, -0.2) is 9.78 Å². The molecule has 146 valence electrons. The van der Waals surface area contributed by atoms with Crippen LogP contribution in [0, 0.1) is 0 Å². The molecule has 0 saturated carbocycles. The Morgan fingerprint density at radius 1 is 0.931 bits per heavy atom. The largest absolute Gasteiger partial charge is 0.486 e. The molecule has 0 atom stereocenters. The molecule has 4 rings (SSSR count). The lowest BCUT2D eigenvalue weighted by atomic mass is 10.3. The number of imidazole rings is 1. The molecule has 0 fully saturated rings. The average Bonchev–Trinajstić information content (AvgIpc) is 3.13. The van der Waals surface area contributed by atoms with Crippen LogP contribution in [0.4, 0.5) is 16.2 Å². The number of hydrogen-bond acceptors (Lipinski definition) is 3. The molecule has 6 nitrogen and oxygen atoms in total. The number of H-pyrrole nitrogens is 1. The number of aromatic nitrogens is 2. The molecular formula is C21H16Cl2N4O2. The number of ether oxygens (including phenoxy) is 1. The van der Waals surface area contributed by atoms with E-state index in [1.807, 2.05) is 24.3 Å². The van der Waals surface area contributed by atoms with Gasteiger partial charge in [-0.3, -0.25) is 0 Å². The Morgan fingerprint density at radius 2 is 1.66 bits per heavy atom. The Morgan fingerprint density at radius 3 is 2.41 bits per heavy atom. The van der Waals surface area contributed by atoms with Crippen molar-refractivity contribution in [2.45, 2.75) is 6.61 Å². The fourth-order valence-corrected chi connectivity index (χ4v) is 3.03. The van der Waals surface area contributed by atoms with Crippen LogP contribution in [0.2, 0.25) is 10.0 Å². The molecular weight excluding hydrogens is 411 g/mol. The van der Waals surface area contributed by atoms with Gasteiger partial charge in [0, 0.05) is 11.4 Å². The zero-order valence-electron chi connectivity index (χ0n) is 15.1. The summed E-state index contributed by atoms with van der Waals surface area (Å²) in [5, 5.41) is 6.24.